The molecule has 0 spiro atoms. The van der Waals surface area contributed by atoms with Gasteiger partial charge < -0.3 is 25.5 Å². The van der Waals surface area contributed by atoms with Crippen LogP contribution in [0.1, 0.15) is 107 Å². The van der Waals surface area contributed by atoms with Crippen molar-refractivity contribution < 1.29 is 88.0 Å². The molecule has 3 heterocycles. The standard InChI is InChI=1S/C46H43ClF10N8O5S.C5H12S.2CH2O2/c1-5-22(3)62(14-13-36(69)70)34(67)11-12-35(68)65(71-4)43-38-31(47)10-9-28(40(38)64(61-43)21-44(50,51)52)27-8-7-26(6-2)58-39(27)32(17-23-15-24(48)18-25(49)16-23)59-33(66)20-63-42-37(41(60-63)46(55,56)57)29-19-30(29)45(42,53)54;1-5(2,3)6-4;2*2-1-3/h7-12,15-16,18,22,29-30,32H,5-6,13-14,17,19-21H2,1-4H3,(H,59,66)(H,69,70);1-4H3;2*1H,(H,2,3)/b12-11+;;;/t22?,29-,30+,32?;;;/m0.../s1. The van der Waals surface area contributed by atoms with Crippen molar-refractivity contribution in [1.82, 2.24) is 34.8 Å². The van der Waals surface area contributed by atoms with Gasteiger partial charge in [0.2, 0.25) is 11.8 Å². The number of aliphatic carboxylic acids is 1. The Morgan fingerprint density at radius 2 is 1.48 bits per heavy atom. The summed E-state index contributed by atoms with van der Waals surface area (Å²) < 4.78 is 149. The molecule has 30 heteroatoms. The fourth-order valence-corrected chi connectivity index (χ4v) is 9.61. The lowest BCUT2D eigenvalue weighted by Crippen LogP contribution is -2.39. The van der Waals surface area contributed by atoms with Crippen LogP contribution in [-0.4, -0.2) is 117 Å². The van der Waals surface area contributed by atoms with E-state index >= 15 is 8.78 Å². The monoisotopic (exact) mass is 1240 g/mol. The first-order valence-corrected chi connectivity index (χ1v) is 27.8. The number of alkyl halides is 8. The van der Waals surface area contributed by atoms with Gasteiger partial charge in [0, 0.05) is 70.1 Å². The van der Waals surface area contributed by atoms with Gasteiger partial charge in [0.1, 0.15) is 30.4 Å². The second-order valence-corrected chi connectivity index (χ2v) is 22.3. The zero-order valence-corrected chi connectivity index (χ0v) is 48.1. The molecular formula is C53H59ClF10N8O9S2. The Morgan fingerprint density at radius 1 is 0.904 bits per heavy atom. The number of carboxylic acid groups (broad SMARTS) is 3. The molecule has 7 rings (SSSR count). The third-order valence-electron chi connectivity index (χ3n) is 12.8. The van der Waals surface area contributed by atoms with E-state index in [1.165, 1.54) is 35.4 Å². The Bertz CT molecular complexity index is 3160. The summed E-state index contributed by atoms with van der Waals surface area (Å²) in [6.45, 7) is 8.09. The van der Waals surface area contributed by atoms with E-state index in [0.717, 1.165) is 28.6 Å². The molecule has 0 radical (unpaired) electrons. The molecular weight excluding hydrogens is 1180 g/mol. The van der Waals surface area contributed by atoms with Gasteiger partial charge in [-0.15, -0.1) is 0 Å². The number of hydrogen-bond donors (Lipinski definition) is 4. The first-order chi connectivity index (χ1) is 38.7. The van der Waals surface area contributed by atoms with E-state index < -0.39 is 126 Å². The summed E-state index contributed by atoms with van der Waals surface area (Å²) in [5.74, 6) is -12.9. The third-order valence-corrected chi connectivity index (χ3v) is 15.1. The van der Waals surface area contributed by atoms with Crippen molar-refractivity contribution >= 4 is 88.7 Å². The lowest BCUT2D eigenvalue weighted by atomic mass is 9.93. The zero-order valence-electron chi connectivity index (χ0n) is 45.7. The predicted molar refractivity (Wildman–Crippen MR) is 291 cm³/mol. The molecule has 2 aromatic carbocycles. The molecule has 1 fully saturated rings. The van der Waals surface area contributed by atoms with Crippen LogP contribution >= 0.6 is 35.3 Å². The number of aryl methyl sites for hydroxylation is 1. The SMILES string of the molecule is CCc1ccc(-c2ccc(Cl)c3c(N(SC)C(=O)/C=C/C(=O)N(CCC(=O)O)C(C)CC)nn(CC(F)(F)F)c23)c(C(Cc2cc(F)cc(F)c2)NC(=O)Cn2nc(C(F)(F)F)c3c2C(F)(F)[C@@H]2C[C@H]32)n1.CSC(C)(C)C.O=CO.O=CO. The second kappa shape index (κ2) is 28.6. The van der Waals surface area contributed by atoms with Crippen LogP contribution in [-0.2, 0) is 66.8 Å². The number of benzene rings is 2. The van der Waals surface area contributed by atoms with Gasteiger partial charge in [0.05, 0.1) is 34.1 Å². The molecule has 454 valence electrons. The minimum Gasteiger partial charge on any atom is -0.483 e. The van der Waals surface area contributed by atoms with Gasteiger partial charge in [0.25, 0.3) is 24.8 Å². The van der Waals surface area contributed by atoms with Crippen LogP contribution in [0.25, 0.3) is 22.0 Å². The number of hydrogen-bond acceptors (Lipinski definition) is 11. The lowest BCUT2D eigenvalue weighted by Gasteiger charge is -2.27. The van der Waals surface area contributed by atoms with Crippen molar-refractivity contribution in [3.63, 3.8) is 0 Å². The van der Waals surface area contributed by atoms with Crippen LogP contribution < -0.4 is 9.62 Å². The van der Waals surface area contributed by atoms with Gasteiger partial charge in [-0.3, -0.25) is 43.1 Å². The van der Waals surface area contributed by atoms with Gasteiger partial charge in [-0.2, -0.15) is 57.1 Å². The highest BCUT2D eigenvalue weighted by atomic mass is 35.5. The number of amides is 3. The maximum Gasteiger partial charge on any atom is 0.435 e. The quantitative estimate of drug-likeness (QED) is 0.0277. The molecule has 1 saturated carbocycles. The summed E-state index contributed by atoms with van der Waals surface area (Å²) in [5.41, 5.74) is -3.76. The molecule has 2 unspecified atom stereocenters. The van der Waals surface area contributed by atoms with E-state index in [4.69, 9.17) is 36.4 Å². The van der Waals surface area contributed by atoms with Crippen LogP contribution in [0.2, 0.25) is 5.02 Å². The van der Waals surface area contributed by atoms with E-state index in [-0.39, 0.29) is 75.3 Å². The van der Waals surface area contributed by atoms with Crippen LogP contribution in [0.4, 0.5) is 49.7 Å². The Morgan fingerprint density at radius 3 is 2.00 bits per heavy atom. The number of nitrogens with zero attached hydrogens (tertiary/aromatic N) is 7. The highest BCUT2D eigenvalue weighted by Crippen LogP contribution is 2.68. The van der Waals surface area contributed by atoms with E-state index in [9.17, 15) is 59.4 Å². The number of halogens is 11. The molecule has 2 aliphatic carbocycles. The van der Waals surface area contributed by atoms with Crippen LogP contribution in [0.5, 0.6) is 0 Å². The molecule has 0 bridgehead atoms. The number of nitrogens with one attached hydrogen (secondary N) is 1. The summed E-state index contributed by atoms with van der Waals surface area (Å²) in [5, 5.41) is 32.7. The summed E-state index contributed by atoms with van der Waals surface area (Å²) >= 11 is 9.31. The molecule has 5 aromatic rings. The number of aromatic nitrogens is 5. The predicted octanol–water partition coefficient (Wildman–Crippen LogP) is 11.5. The molecule has 3 amide bonds. The van der Waals surface area contributed by atoms with Gasteiger partial charge >= 0.3 is 18.3 Å². The Kier molecular flexibility index (Phi) is 23.6. The minimum absolute atomic E-state index is 0.0362. The molecule has 83 heavy (non-hydrogen) atoms. The highest BCUT2D eigenvalue weighted by molar-refractivity contribution is 8.00. The summed E-state index contributed by atoms with van der Waals surface area (Å²) in [4.78, 5) is 75.1. The van der Waals surface area contributed by atoms with E-state index in [1.807, 2.05) is 11.8 Å². The average molecular weight is 1240 g/mol. The molecule has 4 atom stereocenters. The molecule has 0 aliphatic heterocycles. The van der Waals surface area contributed by atoms with Crippen molar-refractivity contribution in [3.8, 4) is 11.1 Å². The number of carboxylic acids is 1. The third kappa shape index (κ3) is 17.6. The maximum absolute atomic E-state index is 15.5. The normalized spacial score (nSPS) is 15.7. The Labute approximate surface area is 482 Å². The molecule has 0 saturated heterocycles. The average Bonchev–Trinajstić information content (AvgIpc) is 2.23. The van der Waals surface area contributed by atoms with E-state index in [2.05, 4.69) is 42.5 Å². The van der Waals surface area contributed by atoms with Crippen LogP contribution in [0.15, 0.2) is 54.6 Å². The second-order valence-electron chi connectivity index (χ2n) is 19.6. The summed E-state index contributed by atoms with van der Waals surface area (Å²) in [7, 11) is 0. The van der Waals surface area contributed by atoms with E-state index in [1.54, 1.807) is 20.8 Å². The van der Waals surface area contributed by atoms with Crippen LogP contribution in [0, 0.1) is 17.6 Å². The summed E-state index contributed by atoms with van der Waals surface area (Å²) in [6, 6.07) is 5.88. The Balaban J connectivity index is 0.00000112. The van der Waals surface area contributed by atoms with Gasteiger partial charge in [-0.1, -0.05) is 58.4 Å². The fraction of sp³-hybridized carbons (Fsp3) is 0.453. The molecule has 17 nitrogen and oxygen atoms in total. The largest absolute Gasteiger partial charge is 0.483 e. The highest BCUT2D eigenvalue weighted by Gasteiger charge is 2.68. The van der Waals surface area contributed by atoms with Gasteiger partial charge in [-0.05, 0) is 86.6 Å². The smallest absolute Gasteiger partial charge is 0.435 e. The number of carbonyl (C=O) groups excluding carboxylic acids is 3. The number of rotatable bonds is 18. The minimum atomic E-state index is -5.15. The number of thioether (sulfide) groups is 1. The summed E-state index contributed by atoms with van der Waals surface area (Å²) in [6.07, 6.45) is -5.37. The first kappa shape index (κ1) is 68.6. The number of pyridine rings is 1. The van der Waals surface area contributed by atoms with Crippen molar-refractivity contribution in [2.24, 2.45) is 5.92 Å². The fourth-order valence-electron chi connectivity index (χ4n) is 8.83. The van der Waals surface area contributed by atoms with Crippen molar-refractivity contribution in [2.75, 3.05) is 23.4 Å². The van der Waals surface area contributed by atoms with E-state index in [0.29, 0.717) is 39.6 Å². The van der Waals surface area contributed by atoms with Gasteiger partial charge in [-0.25, -0.2) is 13.1 Å². The molecule has 2 aliphatic rings. The van der Waals surface area contributed by atoms with Crippen molar-refractivity contribution in [3.05, 3.63) is 105 Å². The van der Waals surface area contributed by atoms with Gasteiger partial charge in [0.15, 0.2) is 11.5 Å². The number of carbonyl (C=O) groups is 6. The number of fused-ring (bicyclic) bond motifs is 4. The van der Waals surface area contributed by atoms with Crippen molar-refractivity contribution in [1.29, 1.82) is 0 Å². The zero-order chi connectivity index (χ0) is 62.7. The molecule has 3 aromatic heterocycles. The topological polar surface area (TPSA) is 230 Å². The maximum atomic E-state index is 15.5. The molecule has 4 N–H and O–H groups in total. The first-order valence-electron chi connectivity index (χ1n) is 25.0. The van der Waals surface area contributed by atoms with Crippen molar-refractivity contribution in [2.45, 2.75) is 128 Å². The lowest BCUT2D eigenvalue weighted by molar-refractivity contribution is -0.143. The Hall–Kier alpha value is -6.88. The van der Waals surface area contributed by atoms with Crippen LogP contribution in [0.3, 0.4) is 0 Å². The number of anilines is 1.